The molecule has 9 heteroatoms. The van der Waals surface area contributed by atoms with Crippen LogP contribution in [-0.2, 0) is 6.42 Å². The number of nitrogens with two attached hydrogens (primary N) is 1. The number of nitrogens with zero attached hydrogens (tertiary/aromatic N) is 5. The van der Waals surface area contributed by atoms with Gasteiger partial charge in [0, 0.05) is 24.1 Å². The number of hydrogen-bond acceptors (Lipinski definition) is 7. The second kappa shape index (κ2) is 5.78. The number of nitrogens with one attached hydrogen (secondary N) is 1. The Morgan fingerprint density at radius 1 is 1.55 bits per heavy atom. The summed E-state index contributed by atoms with van der Waals surface area (Å²) in [6.45, 7) is 1.91. The second-order valence-corrected chi connectivity index (χ2v) is 3.89. The molecule has 2 aromatic rings. The molecule has 0 radical (unpaired) electrons. The Kier molecular flexibility index (Phi) is 3.89. The van der Waals surface area contributed by atoms with Gasteiger partial charge in [0.1, 0.15) is 0 Å². The average molecular weight is 275 g/mol. The summed E-state index contributed by atoms with van der Waals surface area (Å²) in [6.07, 6.45) is 2.09. The number of nitro benzene ring substituents is 1. The molecule has 3 N–H and O–H groups in total. The summed E-state index contributed by atoms with van der Waals surface area (Å²) in [6, 6.07) is 6.10. The molecule has 104 valence electrons. The topological polar surface area (TPSA) is 124 Å². The van der Waals surface area contributed by atoms with Crippen LogP contribution in [0.4, 0.5) is 11.6 Å². The van der Waals surface area contributed by atoms with E-state index in [4.69, 9.17) is 5.84 Å². The van der Waals surface area contributed by atoms with Crippen LogP contribution in [0.2, 0.25) is 0 Å². The zero-order chi connectivity index (χ0) is 14.5. The largest absolute Gasteiger partial charge is 0.335 e. The highest BCUT2D eigenvalue weighted by Gasteiger charge is 2.06. The fraction of sp³-hybridized carbons (Fsp3) is 0.182. The maximum Gasteiger partial charge on any atom is 0.270 e. The highest BCUT2D eigenvalue weighted by Crippen LogP contribution is 2.11. The van der Waals surface area contributed by atoms with E-state index in [1.54, 1.807) is 12.1 Å². The third kappa shape index (κ3) is 2.88. The molecule has 0 amide bonds. The minimum Gasteiger partial charge on any atom is -0.335 e. The molecule has 9 nitrogen and oxygen atoms in total. The predicted molar refractivity (Wildman–Crippen MR) is 73.9 cm³/mol. The van der Waals surface area contributed by atoms with Crippen molar-refractivity contribution in [1.82, 2.24) is 14.9 Å². The van der Waals surface area contributed by atoms with Crippen molar-refractivity contribution < 1.29 is 4.92 Å². The molecule has 0 saturated heterocycles. The first-order valence-electron chi connectivity index (χ1n) is 5.84. The second-order valence-electron chi connectivity index (χ2n) is 3.89. The molecule has 0 saturated carbocycles. The minimum absolute atomic E-state index is 0.00390. The van der Waals surface area contributed by atoms with Crippen molar-refractivity contribution in [2.45, 2.75) is 13.3 Å². The fourth-order valence-electron chi connectivity index (χ4n) is 1.52. The number of benzene rings is 1. The number of hydrogen-bond donors (Lipinski definition) is 2. The van der Waals surface area contributed by atoms with E-state index in [1.165, 1.54) is 23.0 Å². The van der Waals surface area contributed by atoms with Crippen molar-refractivity contribution in [2.24, 2.45) is 5.10 Å². The molecule has 0 aliphatic heterocycles. The van der Waals surface area contributed by atoms with Crippen LogP contribution >= 0.6 is 0 Å². The number of aromatic nitrogens is 3. The van der Waals surface area contributed by atoms with Gasteiger partial charge in [-0.1, -0.05) is 19.1 Å². The number of aryl methyl sites for hydroxylation is 1. The van der Waals surface area contributed by atoms with Crippen LogP contribution in [0.3, 0.4) is 0 Å². The van der Waals surface area contributed by atoms with Crippen molar-refractivity contribution in [2.75, 3.05) is 11.3 Å². The standard InChI is InChI=1S/C11H13N7O2/c1-2-10-14-16-11(17(10)12)15-13-7-8-4-3-5-9(6-8)18(19)20/h3-7H,2,12H2,1H3,(H,15,16)/b13-7-. The first kappa shape index (κ1) is 13.5. The maximum absolute atomic E-state index is 10.6. The molecule has 1 aromatic carbocycles. The molecule has 0 aliphatic carbocycles. The van der Waals surface area contributed by atoms with E-state index in [0.29, 0.717) is 23.8 Å². The molecule has 1 aromatic heterocycles. The van der Waals surface area contributed by atoms with Crippen molar-refractivity contribution in [3.05, 3.63) is 45.8 Å². The van der Waals surface area contributed by atoms with Crippen molar-refractivity contribution >= 4 is 17.9 Å². The summed E-state index contributed by atoms with van der Waals surface area (Å²) in [7, 11) is 0. The number of nitrogen functional groups attached to an aromatic ring is 1. The minimum atomic E-state index is -0.463. The molecule has 1 heterocycles. The van der Waals surface area contributed by atoms with Gasteiger partial charge in [-0.3, -0.25) is 10.1 Å². The monoisotopic (exact) mass is 275 g/mol. The summed E-state index contributed by atoms with van der Waals surface area (Å²) in [5, 5.41) is 22.2. The lowest BCUT2D eigenvalue weighted by Gasteiger charge is -2.00. The lowest BCUT2D eigenvalue weighted by molar-refractivity contribution is -0.384. The molecule has 0 unspecified atom stereocenters. The summed E-state index contributed by atoms with van der Waals surface area (Å²) >= 11 is 0. The predicted octanol–water partition coefficient (Wildman–Crippen LogP) is 0.908. The normalized spacial score (nSPS) is 10.8. The highest BCUT2D eigenvalue weighted by atomic mass is 16.6. The van der Waals surface area contributed by atoms with Gasteiger partial charge in [0.15, 0.2) is 5.82 Å². The van der Waals surface area contributed by atoms with Gasteiger partial charge in [0.2, 0.25) is 0 Å². The van der Waals surface area contributed by atoms with E-state index in [2.05, 4.69) is 20.7 Å². The zero-order valence-electron chi connectivity index (χ0n) is 10.7. The Hall–Kier alpha value is -2.97. The number of non-ortho nitro benzene ring substituents is 1. The van der Waals surface area contributed by atoms with E-state index >= 15 is 0 Å². The molecule has 0 aliphatic rings. The third-order valence-electron chi connectivity index (χ3n) is 2.54. The van der Waals surface area contributed by atoms with Crippen LogP contribution in [0.5, 0.6) is 0 Å². The molecule has 2 rings (SSSR count). The lowest BCUT2D eigenvalue weighted by Crippen LogP contribution is -2.14. The van der Waals surface area contributed by atoms with Crippen LogP contribution in [-0.4, -0.2) is 26.0 Å². The van der Waals surface area contributed by atoms with E-state index in [1.807, 2.05) is 6.92 Å². The molecule has 0 atom stereocenters. The van der Waals surface area contributed by atoms with Gasteiger partial charge in [-0.2, -0.15) is 5.10 Å². The third-order valence-corrected chi connectivity index (χ3v) is 2.54. The Morgan fingerprint density at radius 3 is 3.00 bits per heavy atom. The maximum atomic E-state index is 10.6. The van der Waals surface area contributed by atoms with Crippen LogP contribution in [0.1, 0.15) is 18.3 Å². The quantitative estimate of drug-likeness (QED) is 0.361. The van der Waals surface area contributed by atoms with E-state index in [9.17, 15) is 10.1 Å². The Bertz CT molecular complexity index is 650. The van der Waals surface area contributed by atoms with Gasteiger partial charge in [0.25, 0.3) is 11.6 Å². The van der Waals surface area contributed by atoms with E-state index in [0.717, 1.165) is 0 Å². The highest BCUT2D eigenvalue weighted by molar-refractivity contribution is 5.81. The Morgan fingerprint density at radius 2 is 2.35 bits per heavy atom. The number of hydrazone groups is 1. The van der Waals surface area contributed by atoms with Gasteiger partial charge in [0.05, 0.1) is 11.1 Å². The average Bonchev–Trinajstić information content (AvgIpc) is 2.80. The first-order valence-corrected chi connectivity index (χ1v) is 5.84. The molecule has 0 fully saturated rings. The Labute approximate surface area is 114 Å². The summed E-state index contributed by atoms with van der Waals surface area (Å²) in [4.78, 5) is 10.2. The van der Waals surface area contributed by atoms with Crippen molar-refractivity contribution in [3.8, 4) is 0 Å². The smallest absolute Gasteiger partial charge is 0.270 e. The number of rotatable bonds is 5. The van der Waals surface area contributed by atoms with Crippen LogP contribution < -0.4 is 11.3 Å². The number of nitro groups is 1. The van der Waals surface area contributed by atoms with Crippen LogP contribution in [0.25, 0.3) is 0 Å². The summed E-state index contributed by atoms with van der Waals surface area (Å²) in [5.74, 6) is 6.64. The van der Waals surface area contributed by atoms with Crippen molar-refractivity contribution in [3.63, 3.8) is 0 Å². The molecule has 0 bridgehead atoms. The molecular weight excluding hydrogens is 262 g/mol. The van der Waals surface area contributed by atoms with Gasteiger partial charge in [-0.15, -0.1) is 10.2 Å². The molecule has 20 heavy (non-hydrogen) atoms. The Balaban J connectivity index is 2.08. The first-order chi connectivity index (χ1) is 9.61. The van der Waals surface area contributed by atoms with E-state index < -0.39 is 4.92 Å². The van der Waals surface area contributed by atoms with Gasteiger partial charge in [-0.25, -0.2) is 10.1 Å². The van der Waals surface area contributed by atoms with Gasteiger partial charge < -0.3 is 5.84 Å². The van der Waals surface area contributed by atoms with Crippen LogP contribution in [0, 0.1) is 10.1 Å². The molecular formula is C11H13N7O2. The molecule has 0 spiro atoms. The van der Waals surface area contributed by atoms with Crippen molar-refractivity contribution in [1.29, 1.82) is 0 Å². The van der Waals surface area contributed by atoms with Gasteiger partial charge in [-0.05, 0) is 0 Å². The number of anilines is 1. The summed E-state index contributed by atoms with van der Waals surface area (Å²) in [5.41, 5.74) is 3.22. The van der Waals surface area contributed by atoms with Gasteiger partial charge >= 0.3 is 0 Å². The van der Waals surface area contributed by atoms with Crippen LogP contribution in [0.15, 0.2) is 29.4 Å². The fourth-order valence-corrected chi connectivity index (χ4v) is 1.52. The lowest BCUT2D eigenvalue weighted by atomic mass is 10.2. The summed E-state index contributed by atoms with van der Waals surface area (Å²) < 4.78 is 1.30. The van der Waals surface area contributed by atoms with E-state index in [-0.39, 0.29) is 5.69 Å². The SMILES string of the molecule is CCc1nnc(N/N=C\c2cccc([N+](=O)[O-])c2)n1N. The zero-order valence-corrected chi connectivity index (χ0v) is 10.7.